The molecule has 2 heterocycles. The summed E-state index contributed by atoms with van der Waals surface area (Å²) in [5.74, 6) is 0.119. The maximum absolute atomic E-state index is 12.8. The van der Waals surface area contributed by atoms with E-state index in [9.17, 15) is 9.90 Å². The molecule has 1 aliphatic heterocycles. The van der Waals surface area contributed by atoms with Crippen molar-refractivity contribution >= 4 is 17.2 Å². The summed E-state index contributed by atoms with van der Waals surface area (Å²) in [6, 6.07) is 11.9. The molecule has 3 atom stereocenters. The zero-order chi connectivity index (χ0) is 19.8. The van der Waals surface area contributed by atoms with Gasteiger partial charge in [0.2, 0.25) is 6.29 Å². The fraction of sp³-hybridized carbons (Fsp3) is 0.409. The van der Waals surface area contributed by atoms with Gasteiger partial charge >= 0.3 is 0 Å². The van der Waals surface area contributed by atoms with Crippen molar-refractivity contribution in [3.63, 3.8) is 0 Å². The third kappa shape index (κ3) is 5.22. The molecular weight excluding hydrogens is 374 g/mol. The van der Waals surface area contributed by atoms with Crippen molar-refractivity contribution in [2.75, 3.05) is 13.2 Å². The third-order valence-corrected chi connectivity index (χ3v) is 5.56. The number of allylic oxidation sites excluding steroid dienone is 1. The van der Waals surface area contributed by atoms with Crippen LogP contribution in [0.15, 0.2) is 59.0 Å². The second-order valence-electron chi connectivity index (χ2n) is 6.75. The molecule has 1 aliphatic rings. The van der Waals surface area contributed by atoms with Gasteiger partial charge in [0.25, 0.3) is 5.91 Å². The topological polar surface area (TPSA) is 67.8 Å². The van der Waals surface area contributed by atoms with Gasteiger partial charge in [0, 0.05) is 31.6 Å². The number of ether oxygens (including phenoxy) is 2. The number of aliphatic hydroxyl groups is 1. The number of carbonyl (C=O) groups excluding carboxylic acids is 1. The first-order valence-electron chi connectivity index (χ1n) is 9.68. The van der Waals surface area contributed by atoms with Crippen LogP contribution in [0.5, 0.6) is 0 Å². The maximum atomic E-state index is 12.8. The molecule has 5 nitrogen and oxygen atoms in total. The highest BCUT2D eigenvalue weighted by atomic mass is 32.1. The number of benzene rings is 1. The van der Waals surface area contributed by atoms with Crippen molar-refractivity contribution in [3.05, 3.63) is 70.1 Å². The van der Waals surface area contributed by atoms with E-state index in [-0.39, 0.29) is 24.3 Å². The van der Waals surface area contributed by atoms with Crippen molar-refractivity contribution in [1.29, 1.82) is 0 Å². The molecule has 150 valence electrons. The normalized spacial score (nSPS) is 21.6. The molecular formula is C22H27NO4S. The summed E-state index contributed by atoms with van der Waals surface area (Å²) >= 11 is 1.63. The molecule has 0 saturated carbocycles. The lowest BCUT2D eigenvalue weighted by molar-refractivity contribution is -0.166. The number of nitrogens with one attached hydrogen (secondary N) is 1. The minimum atomic E-state index is -0.510. The molecule has 0 spiro atoms. The van der Waals surface area contributed by atoms with Gasteiger partial charge in [-0.3, -0.25) is 4.79 Å². The number of amides is 1. The molecule has 0 radical (unpaired) electrons. The Hall–Kier alpha value is -2.15. The van der Waals surface area contributed by atoms with Crippen molar-refractivity contribution in [2.24, 2.45) is 5.92 Å². The van der Waals surface area contributed by atoms with Crippen LogP contribution in [0.4, 0.5) is 0 Å². The minimum absolute atomic E-state index is 0.0144. The van der Waals surface area contributed by atoms with E-state index in [0.29, 0.717) is 25.3 Å². The number of aliphatic hydroxyl groups excluding tert-OH is 1. The Morgan fingerprint density at radius 2 is 2.11 bits per heavy atom. The second-order valence-corrected chi connectivity index (χ2v) is 7.53. The first-order chi connectivity index (χ1) is 13.7. The minimum Gasteiger partial charge on any atom is -0.459 e. The number of hydrogen-bond acceptors (Lipinski definition) is 5. The Morgan fingerprint density at radius 1 is 1.29 bits per heavy atom. The van der Waals surface area contributed by atoms with Crippen molar-refractivity contribution in [3.8, 4) is 0 Å². The monoisotopic (exact) mass is 401 g/mol. The van der Waals surface area contributed by atoms with Gasteiger partial charge in [0.15, 0.2) is 5.76 Å². The van der Waals surface area contributed by atoms with Crippen LogP contribution in [-0.2, 0) is 20.8 Å². The van der Waals surface area contributed by atoms with Crippen LogP contribution in [0, 0.1) is 5.92 Å². The fourth-order valence-corrected chi connectivity index (χ4v) is 4.18. The molecule has 0 bridgehead atoms. The van der Waals surface area contributed by atoms with Crippen molar-refractivity contribution in [2.45, 2.75) is 38.5 Å². The lowest BCUT2D eigenvalue weighted by Crippen LogP contribution is -2.38. The zero-order valence-corrected chi connectivity index (χ0v) is 16.9. The Bertz CT molecular complexity index is 760. The smallest absolute Gasteiger partial charge is 0.286 e. The van der Waals surface area contributed by atoms with Crippen molar-refractivity contribution in [1.82, 2.24) is 5.32 Å². The number of hydrogen-bond donors (Lipinski definition) is 2. The summed E-state index contributed by atoms with van der Waals surface area (Å²) in [7, 11) is 0. The highest BCUT2D eigenvalue weighted by Crippen LogP contribution is 2.40. The number of thiophene rings is 1. The van der Waals surface area contributed by atoms with E-state index in [2.05, 4.69) is 16.8 Å². The predicted octanol–water partition coefficient (Wildman–Crippen LogP) is 3.81. The number of rotatable bonds is 9. The molecule has 0 fully saturated rings. The Balaban J connectivity index is 1.79. The molecule has 2 aromatic rings. The summed E-state index contributed by atoms with van der Waals surface area (Å²) in [4.78, 5) is 12.8. The molecule has 0 saturated heterocycles. The molecule has 3 rings (SSSR count). The van der Waals surface area contributed by atoms with Crippen LogP contribution in [0.25, 0.3) is 0 Å². The van der Waals surface area contributed by atoms with Gasteiger partial charge in [0.1, 0.15) is 0 Å². The van der Waals surface area contributed by atoms with Crippen LogP contribution in [0.1, 0.15) is 36.8 Å². The molecule has 2 N–H and O–H groups in total. The molecule has 1 aromatic heterocycles. The maximum Gasteiger partial charge on any atom is 0.286 e. The summed E-state index contributed by atoms with van der Waals surface area (Å²) in [5, 5.41) is 16.4. The van der Waals surface area contributed by atoms with Crippen LogP contribution >= 0.6 is 11.3 Å². The van der Waals surface area contributed by atoms with Gasteiger partial charge in [-0.25, -0.2) is 0 Å². The molecule has 0 unspecified atom stereocenters. The highest BCUT2D eigenvalue weighted by Gasteiger charge is 2.37. The van der Waals surface area contributed by atoms with E-state index in [0.717, 1.165) is 17.5 Å². The second kappa shape index (κ2) is 10.4. The van der Waals surface area contributed by atoms with Gasteiger partial charge < -0.3 is 19.9 Å². The largest absolute Gasteiger partial charge is 0.459 e. The van der Waals surface area contributed by atoms with Crippen LogP contribution in [-0.4, -0.2) is 30.5 Å². The quantitative estimate of drug-likeness (QED) is 0.670. The first-order valence-corrected chi connectivity index (χ1v) is 10.6. The van der Waals surface area contributed by atoms with E-state index in [1.165, 1.54) is 0 Å². The van der Waals surface area contributed by atoms with Gasteiger partial charge in [-0.1, -0.05) is 30.3 Å². The van der Waals surface area contributed by atoms with E-state index in [1.54, 1.807) is 11.3 Å². The average Bonchev–Trinajstić information content (AvgIpc) is 3.26. The van der Waals surface area contributed by atoms with Crippen molar-refractivity contribution < 1.29 is 19.4 Å². The van der Waals surface area contributed by atoms with E-state index in [1.807, 2.05) is 48.7 Å². The summed E-state index contributed by atoms with van der Waals surface area (Å²) in [5.41, 5.74) is 2.18. The standard InChI is InChI=1S/C22H27NO4S/c1-2-26-22-18(9-6-11-24)19(17-10-12-28-15-17)13-20(27-22)21(25)23-14-16-7-4-3-5-8-16/h3-5,7-8,10,12-13,15,18-19,22,24H,2,6,9,11,14H2,1H3,(H,23,25)/t18-,19-,22-/m0/s1. The Kier molecular flexibility index (Phi) is 7.65. The average molecular weight is 402 g/mol. The summed E-state index contributed by atoms with van der Waals surface area (Å²) < 4.78 is 11.8. The summed E-state index contributed by atoms with van der Waals surface area (Å²) in [6.07, 6.45) is 2.82. The van der Waals surface area contributed by atoms with Crippen LogP contribution in [0.3, 0.4) is 0 Å². The van der Waals surface area contributed by atoms with Crippen LogP contribution < -0.4 is 5.32 Å². The van der Waals surface area contributed by atoms with Gasteiger partial charge in [-0.05, 0) is 53.8 Å². The predicted molar refractivity (Wildman–Crippen MR) is 110 cm³/mol. The lowest BCUT2D eigenvalue weighted by Gasteiger charge is -2.36. The number of carbonyl (C=O) groups is 1. The van der Waals surface area contributed by atoms with Gasteiger partial charge in [0.05, 0.1) is 0 Å². The van der Waals surface area contributed by atoms with Gasteiger partial charge in [-0.15, -0.1) is 0 Å². The van der Waals surface area contributed by atoms with E-state index in [4.69, 9.17) is 9.47 Å². The highest BCUT2D eigenvalue weighted by molar-refractivity contribution is 7.08. The van der Waals surface area contributed by atoms with E-state index >= 15 is 0 Å². The molecule has 1 aromatic carbocycles. The Morgan fingerprint density at radius 3 is 2.79 bits per heavy atom. The van der Waals surface area contributed by atoms with Crippen LogP contribution in [0.2, 0.25) is 0 Å². The lowest BCUT2D eigenvalue weighted by atomic mass is 9.81. The molecule has 6 heteroatoms. The molecule has 0 aliphatic carbocycles. The fourth-order valence-electron chi connectivity index (χ4n) is 3.47. The molecule has 28 heavy (non-hydrogen) atoms. The molecule has 1 amide bonds. The SMILES string of the molecule is CCO[C@H]1OC(C(=O)NCc2ccccc2)=C[C@@H](c2ccsc2)[C@@H]1CCCO. The summed E-state index contributed by atoms with van der Waals surface area (Å²) in [6.45, 7) is 2.98. The van der Waals surface area contributed by atoms with Gasteiger partial charge in [-0.2, -0.15) is 11.3 Å². The third-order valence-electron chi connectivity index (χ3n) is 4.86. The first kappa shape index (κ1) is 20.6. The Labute approximate surface area is 170 Å². The zero-order valence-electron chi connectivity index (χ0n) is 16.0. The van der Waals surface area contributed by atoms with E-state index < -0.39 is 6.29 Å².